The number of aromatic nitrogens is 3. The van der Waals surface area contributed by atoms with Crippen molar-refractivity contribution < 1.29 is 0 Å². The molecular weight excluding hydrogens is 176 g/mol. The molecule has 0 aliphatic carbocycles. The highest BCUT2D eigenvalue weighted by atomic mass is 15.3. The van der Waals surface area contributed by atoms with Crippen molar-refractivity contribution >= 4 is 5.69 Å². The molecule has 2 heterocycles. The smallest absolute Gasteiger partial charge is 0.137 e. The van der Waals surface area contributed by atoms with Crippen molar-refractivity contribution in [1.29, 1.82) is 0 Å². The fraction of sp³-hybridized carbons (Fsp3) is 0.200. The largest absolute Gasteiger partial charge is 0.398 e. The number of nitrogens with zero attached hydrogens (tertiary/aromatic N) is 3. The molecule has 2 aromatic rings. The van der Waals surface area contributed by atoms with Gasteiger partial charge in [-0.3, -0.25) is 4.57 Å². The van der Waals surface area contributed by atoms with Gasteiger partial charge in [-0.25, -0.2) is 0 Å². The number of anilines is 1. The molecule has 1 aromatic heterocycles. The minimum Gasteiger partial charge on any atom is -0.398 e. The molecule has 3 rings (SSSR count). The molecule has 0 radical (unpaired) electrons. The van der Waals surface area contributed by atoms with E-state index in [4.69, 9.17) is 5.73 Å². The zero-order chi connectivity index (χ0) is 9.54. The minimum atomic E-state index is 0.863. The maximum Gasteiger partial charge on any atom is 0.137 e. The van der Waals surface area contributed by atoms with Gasteiger partial charge in [0.2, 0.25) is 0 Å². The minimum absolute atomic E-state index is 0.863. The Morgan fingerprint density at radius 1 is 1.29 bits per heavy atom. The first-order valence-electron chi connectivity index (χ1n) is 4.63. The Labute approximate surface area is 81.4 Å². The van der Waals surface area contributed by atoms with Crippen molar-refractivity contribution in [1.82, 2.24) is 14.8 Å². The first-order chi connectivity index (χ1) is 6.86. The zero-order valence-electron chi connectivity index (χ0n) is 7.64. The van der Waals surface area contributed by atoms with Gasteiger partial charge in [-0.2, -0.15) is 0 Å². The van der Waals surface area contributed by atoms with Crippen LogP contribution in [0.5, 0.6) is 0 Å². The molecular formula is C10H10N4. The van der Waals surface area contributed by atoms with Gasteiger partial charge in [-0.15, -0.1) is 10.2 Å². The summed E-state index contributed by atoms with van der Waals surface area (Å²) in [6.45, 7) is 0. The monoisotopic (exact) mass is 186 g/mol. The normalized spacial score (nSPS) is 13.4. The van der Waals surface area contributed by atoms with E-state index in [-0.39, 0.29) is 0 Å². The number of nitrogen functional groups attached to an aromatic ring is 1. The first kappa shape index (κ1) is 7.55. The van der Waals surface area contributed by atoms with Crippen LogP contribution in [0.25, 0.3) is 5.69 Å². The second kappa shape index (κ2) is 2.57. The number of rotatable bonds is 0. The van der Waals surface area contributed by atoms with E-state index in [2.05, 4.69) is 16.3 Å². The van der Waals surface area contributed by atoms with E-state index in [0.29, 0.717) is 0 Å². The van der Waals surface area contributed by atoms with Crippen LogP contribution >= 0.6 is 0 Å². The van der Waals surface area contributed by atoms with Crippen LogP contribution in [-0.2, 0) is 12.8 Å². The Hall–Kier alpha value is -1.84. The molecule has 14 heavy (non-hydrogen) atoms. The van der Waals surface area contributed by atoms with Crippen molar-refractivity contribution in [3.05, 3.63) is 35.9 Å². The summed E-state index contributed by atoms with van der Waals surface area (Å²) in [7, 11) is 0. The fourth-order valence-electron chi connectivity index (χ4n) is 1.96. The fourth-order valence-corrected chi connectivity index (χ4v) is 1.96. The van der Waals surface area contributed by atoms with Crippen LogP contribution < -0.4 is 5.73 Å². The lowest BCUT2D eigenvalue weighted by Crippen LogP contribution is -2.13. The van der Waals surface area contributed by atoms with Crippen molar-refractivity contribution in [3.63, 3.8) is 0 Å². The number of nitrogens with two attached hydrogens (primary N) is 1. The van der Waals surface area contributed by atoms with Crippen molar-refractivity contribution in [3.8, 4) is 5.69 Å². The van der Waals surface area contributed by atoms with Crippen molar-refractivity contribution in [2.24, 2.45) is 0 Å². The second-order valence-corrected chi connectivity index (χ2v) is 3.46. The van der Waals surface area contributed by atoms with Crippen LogP contribution in [0.1, 0.15) is 11.4 Å². The van der Waals surface area contributed by atoms with Gasteiger partial charge < -0.3 is 5.73 Å². The quantitative estimate of drug-likeness (QED) is 0.623. The van der Waals surface area contributed by atoms with Crippen LogP contribution in [0.4, 0.5) is 5.69 Å². The van der Waals surface area contributed by atoms with E-state index in [9.17, 15) is 0 Å². The van der Waals surface area contributed by atoms with Crippen molar-refractivity contribution in [2.75, 3.05) is 5.73 Å². The molecule has 4 heteroatoms. The Balaban J connectivity index is 2.31. The molecule has 0 fully saturated rings. The number of benzene rings is 1. The molecule has 0 atom stereocenters. The molecule has 0 saturated heterocycles. The lowest BCUT2D eigenvalue weighted by molar-refractivity contribution is 0.776. The van der Waals surface area contributed by atoms with Gasteiger partial charge in [0.1, 0.15) is 12.2 Å². The van der Waals surface area contributed by atoms with Gasteiger partial charge in [-0.1, -0.05) is 6.07 Å². The maximum absolute atomic E-state index is 5.91. The van der Waals surface area contributed by atoms with Crippen LogP contribution in [-0.4, -0.2) is 14.8 Å². The van der Waals surface area contributed by atoms with E-state index < -0.39 is 0 Å². The predicted octanol–water partition coefficient (Wildman–Crippen LogP) is 0.948. The summed E-state index contributed by atoms with van der Waals surface area (Å²) < 4.78 is 2.01. The summed E-state index contributed by atoms with van der Waals surface area (Å²) in [6, 6.07) is 5.95. The van der Waals surface area contributed by atoms with Crippen LogP contribution in [0.3, 0.4) is 0 Å². The summed E-state index contributed by atoms with van der Waals surface area (Å²) in [6.07, 6.45) is 3.62. The molecule has 0 spiro atoms. The molecule has 0 amide bonds. The third-order valence-corrected chi connectivity index (χ3v) is 2.66. The molecule has 1 aliphatic rings. The highest BCUT2D eigenvalue weighted by Gasteiger charge is 2.17. The van der Waals surface area contributed by atoms with Gasteiger partial charge in [-0.05, 0) is 24.1 Å². The third kappa shape index (κ3) is 0.878. The Bertz CT molecular complexity index is 487. The van der Waals surface area contributed by atoms with E-state index in [1.807, 2.05) is 16.7 Å². The summed E-state index contributed by atoms with van der Waals surface area (Å²) in [5.41, 5.74) is 9.11. The van der Waals surface area contributed by atoms with Crippen molar-refractivity contribution in [2.45, 2.75) is 12.8 Å². The Morgan fingerprint density at radius 2 is 2.21 bits per heavy atom. The second-order valence-electron chi connectivity index (χ2n) is 3.46. The lowest BCUT2D eigenvalue weighted by Gasteiger charge is -2.18. The molecule has 0 saturated carbocycles. The SMILES string of the molecule is Nc1cccc2c1CCc1nncn1-2. The molecule has 1 aromatic carbocycles. The van der Waals surface area contributed by atoms with E-state index >= 15 is 0 Å². The van der Waals surface area contributed by atoms with E-state index in [0.717, 1.165) is 30.0 Å². The number of fused-ring (bicyclic) bond motifs is 3. The first-order valence-corrected chi connectivity index (χ1v) is 4.63. The highest BCUT2D eigenvalue weighted by molar-refractivity contribution is 5.59. The summed E-state index contributed by atoms with van der Waals surface area (Å²) in [5.74, 6) is 1.02. The Morgan fingerprint density at radius 3 is 3.14 bits per heavy atom. The topological polar surface area (TPSA) is 56.7 Å². The zero-order valence-corrected chi connectivity index (χ0v) is 7.64. The number of hydrogen-bond donors (Lipinski definition) is 1. The van der Waals surface area contributed by atoms with Crippen LogP contribution in [0, 0.1) is 0 Å². The maximum atomic E-state index is 5.91. The summed E-state index contributed by atoms with van der Waals surface area (Å²) >= 11 is 0. The van der Waals surface area contributed by atoms with Gasteiger partial charge >= 0.3 is 0 Å². The molecule has 1 aliphatic heterocycles. The van der Waals surface area contributed by atoms with Gasteiger partial charge in [0.25, 0.3) is 0 Å². The lowest BCUT2D eigenvalue weighted by atomic mass is 10.0. The predicted molar refractivity (Wildman–Crippen MR) is 53.2 cm³/mol. The van der Waals surface area contributed by atoms with E-state index in [1.54, 1.807) is 6.33 Å². The van der Waals surface area contributed by atoms with Gasteiger partial charge in [0, 0.05) is 12.1 Å². The highest BCUT2D eigenvalue weighted by Crippen LogP contribution is 2.27. The average Bonchev–Trinajstić information content (AvgIpc) is 2.66. The molecule has 70 valence electrons. The van der Waals surface area contributed by atoms with Gasteiger partial charge in [0.15, 0.2) is 0 Å². The summed E-state index contributed by atoms with van der Waals surface area (Å²) in [4.78, 5) is 0. The molecule has 2 N–H and O–H groups in total. The number of aryl methyl sites for hydroxylation is 1. The Kier molecular flexibility index (Phi) is 1.39. The molecule has 0 bridgehead atoms. The standard InChI is InChI=1S/C10H10N4/c11-8-2-1-3-9-7(8)4-5-10-13-12-6-14(9)10/h1-3,6H,4-5,11H2. The third-order valence-electron chi connectivity index (χ3n) is 2.66. The van der Waals surface area contributed by atoms with Crippen LogP contribution in [0.2, 0.25) is 0 Å². The average molecular weight is 186 g/mol. The molecule has 4 nitrogen and oxygen atoms in total. The van der Waals surface area contributed by atoms with Gasteiger partial charge in [0.05, 0.1) is 5.69 Å². The summed E-state index contributed by atoms with van der Waals surface area (Å²) in [5, 5.41) is 7.96. The van der Waals surface area contributed by atoms with Crippen LogP contribution in [0.15, 0.2) is 24.5 Å². The molecule has 0 unspecified atom stereocenters. The number of hydrogen-bond acceptors (Lipinski definition) is 3. The van der Waals surface area contributed by atoms with E-state index in [1.165, 1.54) is 5.56 Å².